The third-order valence-corrected chi connectivity index (χ3v) is 2.13. The number of aromatic nitrogens is 2. The molecule has 1 atom stereocenters. The minimum atomic E-state index is -0.345. The number of hydrogen-bond donors (Lipinski definition) is 1. The fourth-order valence-electron chi connectivity index (χ4n) is 1.12. The van der Waals surface area contributed by atoms with E-state index in [1.165, 1.54) is 0 Å². The van der Waals surface area contributed by atoms with E-state index in [-0.39, 0.29) is 6.10 Å². The Balaban J connectivity index is 2.81. The van der Waals surface area contributed by atoms with E-state index in [0.29, 0.717) is 6.54 Å². The molecule has 1 aromatic heterocycles. The number of aliphatic hydroxyl groups excluding tert-OH is 1. The first-order chi connectivity index (χ1) is 5.63. The van der Waals surface area contributed by atoms with Crippen LogP contribution in [0.15, 0.2) is 6.07 Å². The van der Waals surface area contributed by atoms with Crippen LogP contribution in [0.5, 0.6) is 0 Å². The molecule has 0 saturated carbocycles. The van der Waals surface area contributed by atoms with E-state index < -0.39 is 0 Å². The Hall–Kier alpha value is -0.350. The highest BCUT2D eigenvalue weighted by atomic mass is 79.9. The SMILES string of the molecule is Cc1cc(CBr)n(CC(C)O)n1. The lowest BCUT2D eigenvalue weighted by Gasteiger charge is -2.06. The van der Waals surface area contributed by atoms with Crippen molar-refractivity contribution in [1.82, 2.24) is 9.78 Å². The van der Waals surface area contributed by atoms with Crippen LogP contribution in [0, 0.1) is 6.92 Å². The molecule has 0 spiro atoms. The first kappa shape index (κ1) is 9.74. The fourth-order valence-corrected chi connectivity index (χ4v) is 1.57. The summed E-state index contributed by atoms with van der Waals surface area (Å²) in [4.78, 5) is 0. The summed E-state index contributed by atoms with van der Waals surface area (Å²) in [5.74, 6) is 0. The van der Waals surface area contributed by atoms with Crippen LogP contribution >= 0.6 is 15.9 Å². The van der Waals surface area contributed by atoms with Gasteiger partial charge >= 0.3 is 0 Å². The van der Waals surface area contributed by atoms with Crippen molar-refractivity contribution in [3.05, 3.63) is 17.5 Å². The predicted molar refractivity (Wildman–Crippen MR) is 51.3 cm³/mol. The van der Waals surface area contributed by atoms with Gasteiger partial charge in [-0.25, -0.2) is 0 Å². The van der Waals surface area contributed by atoms with E-state index in [9.17, 15) is 0 Å². The van der Waals surface area contributed by atoms with Crippen molar-refractivity contribution in [3.63, 3.8) is 0 Å². The number of rotatable bonds is 3. The van der Waals surface area contributed by atoms with Crippen LogP contribution in [0.1, 0.15) is 18.3 Å². The summed E-state index contributed by atoms with van der Waals surface area (Å²) in [6.45, 7) is 4.27. The zero-order valence-electron chi connectivity index (χ0n) is 7.29. The molecular formula is C8H13BrN2O. The standard InChI is InChI=1S/C8H13BrN2O/c1-6-3-8(4-9)11(10-6)5-7(2)12/h3,7,12H,4-5H2,1-2H3. The van der Waals surface area contributed by atoms with Crippen LogP contribution in [0.3, 0.4) is 0 Å². The zero-order chi connectivity index (χ0) is 9.14. The van der Waals surface area contributed by atoms with Gasteiger partial charge in [-0.05, 0) is 19.9 Å². The molecule has 1 rings (SSSR count). The third-order valence-electron chi connectivity index (χ3n) is 1.56. The number of aryl methyl sites for hydroxylation is 1. The Labute approximate surface area is 80.5 Å². The molecule has 4 heteroatoms. The molecule has 0 aliphatic heterocycles. The van der Waals surface area contributed by atoms with Crippen LogP contribution in [-0.4, -0.2) is 21.0 Å². The fraction of sp³-hybridized carbons (Fsp3) is 0.625. The molecule has 12 heavy (non-hydrogen) atoms. The zero-order valence-corrected chi connectivity index (χ0v) is 8.87. The monoisotopic (exact) mass is 232 g/mol. The van der Waals surface area contributed by atoms with Gasteiger partial charge in [0.05, 0.1) is 18.3 Å². The summed E-state index contributed by atoms with van der Waals surface area (Å²) >= 11 is 3.37. The first-order valence-corrected chi connectivity index (χ1v) is 5.03. The molecule has 0 aliphatic rings. The maximum atomic E-state index is 9.16. The summed E-state index contributed by atoms with van der Waals surface area (Å²) in [5, 5.41) is 14.2. The third kappa shape index (κ3) is 2.32. The lowest BCUT2D eigenvalue weighted by atomic mass is 10.4. The average molecular weight is 233 g/mol. The van der Waals surface area contributed by atoms with Gasteiger partial charge < -0.3 is 5.11 Å². The second kappa shape index (κ2) is 4.05. The van der Waals surface area contributed by atoms with Crippen LogP contribution < -0.4 is 0 Å². The molecule has 0 radical (unpaired) electrons. The van der Waals surface area contributed by atoms with Gasteiger partial charge in [-0.15, -0.1) is 0 Å². The van der Waals surface area contributed by atoms with E-state index in [0.717, 1.165) is 16.7 Å². The van der Waals surface area contributed by atoms with E-state index in [1.807, 2.05) is 17.7 Å². The Bertz CT molecular complexity index is 258. The Morgan fingerprint density at radius 1 is 1.75 bits per heavy atom. The van der Waals surface area contributed by atoms with Crippen molar-refractivity contribution in [2.45, 2.75) is 31.8 Å². The molecular weight excluding hydrogens is 220 g/mol. The van der Waals surface area contributed by atoms with Crippen molar-refractivity contribution in [2.24, 2.45) is 0 Å². The number of halogens is 1. The molecule has 1 unspecified atom stereocenters. The molecule has 0 aliphatic carbocycles. The Morgan fingerprint density at radius 3 is 2.92 bits per heavy atom. The summed E-state index contributed by atoms with van der Waals surface area (Å²) in [5.41, 5.74) is 2.10. The molecule has 0 saturated heterocycles. The minimum Gasteiger partial charge on any atom is -0.391 e. The predicted octanol–water partition coefficient (Wildman–Crippen LogP) is 1.47. The number of nitrogens with zero attached hydrogens (tertiary/aromatic N) is 2. The topological polar surface area (TPSA) is 38.0 Å². The molecule has 1 heterocycles. The van der Waals surface area contributed by atoms with E-state index in [2.05, 4.69) is 21.0 Å². The van der Waals surface area contributed by atoms with E-state index in [4.69, 9.17) is 5.11 Å². The lowest BCUT2D eigenvalue weighted by Crippen LogP contribution is -2.14. The van der Waals surface area contributed by atoms with Gasteiger partial charge in [-0.1, -0.05) is 15.9 Å². The van der Waals surface area contributed by atoms with Gasteiger partial charge in [-0.3, -0.25) is 4.68 Å². The van der Waals surface area contributed by atoms with Crippen LogP contribution in [0.25, 0.3) is 0 Å². The van der Waals surface area contributed by atoms with Gasteiger partial charge in [0.2, 0.25) is 0 Å². The summed E-state index contributed by atoms with van der Waals surface area (Å²) < 4.78 is 1.83. The summed E-state index contributed by atoms with van der Waals surface area (Å²) in [6, 6.07) is 2.01. The van der Waals surface area contributed by atoms with E-state index in [1.54, 1.807) is 6.92 Å². The largest absolute Gasteiger partial charge is 0.391 e. The van der Waals surface area contributed by atoms with Crippen LogP contribution in [0.4, 0.5) is 0 Å². The van der Waals surface area contributed by atoms with Crippen LogP contribution in [0.2, 0.25) is 0 Å². The number of hydrogen-bond acceptors (Lipinski definition) is 2. The van der Waals surface area contributed by atoms with Crippen molar-refractivity contribution >= 4 is 15.9 Å². The van der Waals surface area contributed by atoms with Gasteiger partial charge in [0.15, 0.2) is 0 Å². The molecule has 0 aromatic carbocycles. The maximum absolute atomic E-state index is 9.16. The summed E-state index contributed by atoms with van der Waals surface area (Å²) in [6.07, 6.45) is -0.345. The van der Waals surface area contributed by atoms with Crippen molar-refractivity contribution in [3.8, 4) is 0 Å². The van der Waals surface area contributed by atoms with Crippen molar-refractivity contribution in [2.75, 3.05) is 0 Å². The van der Waals surface area contributed by atoms with Crippen LogP contribution in [-0.2, 0) is 11.9 Å². The highest BCUT2D eigenvalue weighted by Crippen LogP contribution is 2.08. The maximum Gasteiger partial charge on any atom is 0.0708 e. The summed E-state index contributed by atoms with van der Waals surface area (Å²) in [7, 11) is 0. The van der Waals surface area contributed by atoms with Gasteiger partial charge in [0.1, 0.15) is 0 Å². The van der Waals surface area contributed by atoms with Gasteiger partial charge in [0, 0.05) is 11.0 Å². The van der Waals surface area contributed by atoms with Gasteiger partial charge in [-0.2, -0.15) is 5.10 Å². The minimum absolute atomic E-state index is 0.345. The second-order valence-electron chi connectivity index (χ2n) is 2.94. The van der Waals surface area contributed by atoms with Gasteiger partial charge in [0.25, 0.3) is 0 Å². The average Bonchev–Trinajstić information content (AvgIpc) is 2.29. The quantitative estimate of drug-likeness (QED) is 0.802. The molecule has 3 nitrogen and oxygen atoms in total. The number of alkyl halides is 1. The molecule has 0 fully saturated rings. The Morgan fingerprint density at radius 2 is 2.42 bits per heavy atom. The molecule has 68 valence electrons. The molecule has 1 aromatic rings. The molecule has 0 amide bonds. The van der Waals surface area contributed by atoms with Crippen molar-refractivity contribution < 1.29 is 5.11 Å². The molecule has 0 bridgehead atoms. The normalized spacial score (nSPS) is 13.3. The smallest absolute Gasteiger partial charge is 0.0708 e. The lowest BCUT2D eigenvalue weighted by molar-refractivity contribution is 0.167. The molecule has 1 N–H and O–H groups in total. The first-order valence-electron chi connectivity index (χ1n) is 3.91. The highest BCUT2D eigenvalue weighted by Gasteiger charge is 2.05. The highest BCUT2D eigenvalue weighted by molar-refractivity contribution is 9.08. The number of aliphatic hydroxyl groups is 1. The van der Waals surface area contributed by atoms with E-state index >= 15 is 0 Å². The van der Waals surface area contributed by atoms with Crippen molar-refractivity contribution in [1.29, 1.82) is 0 Å². The second-order valence-corrected chi connectivity index (χ2v) is 3.50. The Kier molecular flexibility index (Phi) is 3.29.